The van der Waals surface area contributed by atoms with Crippen molar-refractivity contribution in [2.45, 2.75) is 6.23 Å². The molecule has 0 aromatic heterocycles. The molecule has 0 saturated carbocycles. The van der Waals surface area contributed by atoms with Gasteiger partial charge in [0.15, 0.2) is 6.23 Å². The summed E-state index contributed by atoms with van der Waals surface area (Å²) < 4.78 is 16.3. The number of amides is 1. The van der Waals surface area contributed by atoms with Gasteiger partial charge in [-0.2, -0.15) is 0 Å². The molecule has 21 heavy (non-hydrogen) atoms. The molecule has 5 heteroatoms. The summed E-state index contributed by atoms with van der Waals surface area (Å²) in [7, 11) is 3.16. The van der Waals surface area contributed by atoms with Crippen LogP contribution in [0.2, 0.25) is 0 Å². The maximum Gasteiger partial charge on any atom is 0.258 e. The topological polar surface area (TPSA) is 56.8 Å². The summed E-state index contributed by atoms with van der Waals surface area (Å²) in [6.07, 6.45) is -0.573. The molecule has 0 unspecified atom stereocenters. The minimum absolute atomic E-state index is 0.163. The zero-order chi connectivity index (χ0) is 14.8. The van der Waals surface area contributed by atoms with E-state index in [1.807, 2.05) is 6.07 Å². The largest absolute Gasteiger partial charge is 0.497 e. The van der Waals surface area contributed by atoms with Gasteiger partial charge in [0, 0.05) is 11.6 Å². The van der Waals surface area contributed by atoms with Crippen LogP contribution in [0.1, 0.15) is 22.1 Å². The summed E-state index contributed by atoms with van der Waals surface area (Å²) in [5.74, 6) is 1.68. The highest BCUT2D eigenvalue weighted by atomic mass is 16.5. The standard InChI is InChI=1S/C16H15NO4/c1-19-11-7-10(8-12(9-11)20-2)16-17-15(18)13-5-3-4-6-14(13)21-16/h3-9,16H,1-2H3,(H,17,18)/t16-/m1/s1. The number of nitrogens with one attached hydrogen (secondary N) is 1. The van der Waals surface area contributed by atoms with Crippen molar-refractivity contribution >= 4 is 5.91 Å². The molecule has 1 amide bonds. The zero-order valence-corrected chi connectivity index (χ0v) is 11.8. The number of methoxy groups -OCH3 is 2. The van der Waals surface area contributed by atoms with Crippen molar-refractivity contribution in [3.8, 4) is 17.2 Å². The van der Waals surface area contributed by atoms with E-state index in [0.717, 1.165) is 5.56 Å². The molecule has 0 aliphatic carbocycles. The highest BCUT2D eigenvalue weighted by molar-refractivity contribution is 5.98. The lowest BCUT2D eigenvalue weighted by molar-refractivity contribution is 0.0755. The van der Waals surface area contributed by atoms with Gasteiger partial charge >= 0.3 is 0 Å². The molecule has 0 fully saturated rings. The first-order valence-electron chi connectivity index (χ1n) is 6.51. The van der Waals surface area contributed by atoms with E-state index in [4.69, 9.17) is 14.2 Å². The SMILES string of the molecule is COc1cc(OC)cc([C@@H]2NC(=O)c3ccccc3O2)c1. The van der Waals surface area contributed by atoms with E-state index in [1.54, 1.807) is 50.6 Å². The second kappa shape index (κ2) is 5.36. The highest BCUT2D eigenvalue weighted by Gasteiger charge is 2.26. The van der Waals surface area contributed by atoms with Crippen LogP contribution in [0.3, 0.4) is 0 Å². The smallest absolute Gasteiger partial charge is 0.258 e. The maximum absolute atomic E-state index is 12.1. The minimum atomic E-state index is -0.573. The predicted molar refractivity (Wildman–Crippen MR) is 76.8 cm³/mol. The normalized spacial score (nSPS) is 16.5. The first-order valence-corrected chi connectivity index (χ1v) is 6.51. The number of hydrogen-bond acceptors (Lipinski definition) is 4. The first-order chi connectivity index (χ1) is 10.2. The molecular weight excluding hydrogens is 270 g/mol. The minimum Gasteiger partial charge on any atom is -0.497 e. The van der Waals surface area contributed by atoms with E-state index in [1.165, 1.54) is 0 Å². The van der Waals surface area contributed by atoms with Crippen molar-refractivity contribution in [1.29, 1.82) is 0 Å². The molecule has 108 valence electrons. The van der Waals surface area contributed by atoms with Gasteiger partial charge in [0.2, 0.25) is 0 Å². The number of hydrogen-bond donors (Lipinski definition) is 1. The summed E-state index contributed by atoms with van der Waals surface area (Å²) in [6.45, 7) is 0. The predicted octanol–water partition coefficient (Wildman–Crippen LogP) is 2.52. The van der Waals surface area contributed by atoms with Crippen LogP contribution in [-0.4, -0.2) is 20.1 Å². The van der Waals surface area contributed by atoms with Gasteiger partial charge in [-0.15, -0.1) is 0 Å². The molecule has 0 spiro atoms. The Balaban J connectivity index is 1.97. The number of carbonyl (C=O) groups excluding carboxylic acids is 1. The van der Waals surface area contributed by atoms with E-state index >= 15 is 0 Å². The fourth-order valence-corrected chi connectivity index (χ4v) is 2.24. The van der Waals surface area contributed by atoms with Crippen molar-refractivity contribution in [2.75, 3.05) is 14.2 Å². The number of rotatable bonds is 3. The van der Waals surface area contributed by atoms with Crippen LogP contribution in [-0.2, 0) is 0 Å². The van der Waals surface area contributed by atoms with Crippen LogP contribution in [0.4, 0.5) is 0 Å². The fraction of sp³-hybridized carbons (Fsp3) is 0.188. The molecule has 1 N–H and O–H groups in total. The number of fused-ring (bicyclic) bond motifs is 1. The Kier molecular flexibility index (Phi) is 3.39. The first kappa shape index (κ1) is 13.3. The Hall–Kier alpha value is -2.69. The third-order valence-corrected chi connectivity index (χ3v) is 3.32. The summed E-state index contributed by atoms with van der Waals surface area (Å²) >= 11 is 0. The van der Waals surface area contributed by atoms with Crippen molar-refractivity contribution in [3.63, 3.8) is 0 Å². The average Bonchev–Trinajstić information content (AvgIpc) is 2.54. The summed E-state index contributed by atoms with van der Waals surface area (Å²) in [4.78, 5) is 12.1. The van der Waals surface area contributed by atoms with Gasteiger partial charge in [-0.05, 0) is 24.3 Å². The lowest BCUT2D eigenvalue weighted by atomic mass is 10.1. The molecular formula is C16H15NO4. The summed E-state index contributed by atoms with van der Waals surface area (Å²) in [6, 6.07) is 12.5. The second-order valence-corrected chi connectivity index (χ2v) is 4.61. The molecule has 1 atom stereocenters. The summed E-state index contributed by atoms with van der Waals surface area (Å²) in [5.41, 5.74) is 1.29. The molecule has 2 aromatic rings. The number of carbonyl (C=O) groups is 1. The van der Waals surface area contributed by atoms with E-state index in [9.17, 15) is 4.79 Å². The van der Waals surface area contributed by atoms with Crippen LogP contribution >= 0.6 is 0 Å². The van der Waals surface area contributed by atoms with Crippen molar-refractivity contribution < 1.29 is 19.0 Å². The van der Waals surface area contributed by atoms with Gasteiger partial charge in [0.1, 0.15) is 17.2 Å². The molecule has 2 aromatic carbocycles. The van der Waals surface area contributed by atoms with Crippen molar-refractivity contribution in [2.24, 2.45) is 0 Å². The maximum atomic E-state index is 12.1. The fourth-order valence-electron chi connectivity index (χ4n) is 2.24. The highest BCUT2D eigenvalue weighted by Crippen LogP contribution is 2.32. The Morgan fingerprint density at radius 2 is 1.71 bits per heavy atom. The molecule has 1 aliphatic heterocycles. The number of ether oxygens (including phenoxy) is 3. The van der Waals surface area contributed by atoms with E-state index in [2.05, 4.69) is 5.32 Å². The van der Waals surface area contributed by atoms with E-state index in [-0.39, 0.29) is 5.91 Å². The Bertz CT molecular complexity index is 661. The molecule has 1 heterocycles. The van der Waals surface area contributed by atoms with Gasteiger partial charge in [-0.3, -0.25) is 4.79 Å². The van der Waals surface area contributed by atoms with Gasteiger partial charge in [-0.25, -0.2) is 0 Å². The average molecular weight is 285 g/mol. The van der Waals surface area contributed by atoms with Crippen LogP contribution in [0.25, 0.3) is 0 Å². The monoisotopic (exact) mass is 285 g/mol. The second-order valence-electron chi connectivity index (χ2n) is 4.61. The van der Waals surface area contributed by atoms with Crippen LogP contribution < -0.4 is 19.5 Å². The molecule has 0 saturated heterocycles. The molecule has 0 radical (unpaired) electrons. The van der Waals surface area contributed by atoms with Gasteiger partial charge in [0.05, 0.1) is 19.8 Å². The summed E-state index contributed by atoms with van der Waals surface area (Å²) in [5, 5.41) is 2.82. The molecule has 3 rings (SSSR count). The van der Waals surface area contributed by atoms with Crippen LogP contribution in [0, 0.1) is 0 Å². The quantitative estimate of drug-likeness (QED) is 0.941. The van der Waals surface area contributed by atoms with Gasteiger partial charge in [-0.1, -0.05) is 12.1 Å². The van der Waals surface area contributed by atoms with E-state index in [0.29, 0.717) is 22.8 Å². The Morgan fingerprint density at radius 1 is 1.05 bits per heavy atom. The molecule has 1 aliphatic rings. The van der Waals surface area contributed by atoms with Crippen molar-refractivity contribution in [3.05, 3.63) is 53.6 Å². The van der Waals surface area contributed by atoms with Gasteiger partial charge < -0.3 is 19.5 Å². The third kappa shape index (κ3) is 2.50. The van der Waals surface area contributed by atoms with E-state index < -0.39 is 6.23 Å². The van der Waals surface area contributed by atoms with Crippen LogP contribution in [0.5, 0.6) is 17.2 Å². The lowest BCUT2D eigenvalue weighted by Gasteiger charge is -2.27. The van der Waals surface area contributed by atoms with Gasteiger partial charge in [0.25, 0.3) is 5.91 Å². The number of para-hydroxylation sites is 1. The Labute approximate surface area is 122 Å². The molecule has 5 nitrogen and oxygen atoms in total. The lowest BCUT2D eigenvalue weighted by Crippen LogP contribution is -2.36. The Morgan fingerprint density at radius 3 is 2.38 bits per heavy atom. The third-order valence-electron chi connectivity index (χ3n) is 3.32. The molecule has 0 bridgehead atoms. The van der Waals surface area contributed by atoms with Crippen LogP contribution in [0.15, 0.2) is 42.5 Å². The zero-order valence-electron chi connectivity index (χ0n) is 11.8. The number of benzene rings is 2. The van der Waals surface area contributed by atoms with Crippen molar-refractivity contribution in [1.82, 2.24) is 5.32 Å².